The number of rotatable bonds is 7. The summed E-state index contributed by atoms with van der Waals surface area (Å²) in [6.45, 7) is 2.45. The lowest BCUT2D eigenvalue weighted by atomic mass is 10.1. The third-order valence-corrected chi connectivity index (χ3v) is 3.36. The van der Waals surface area contributed by atoms with Gasteiger partial charge in [0, 0.05) is 26.7 Å². The second kappa shape index (κ2) is 8.87. The van der Waals surface area contributed by atoms with Gasteiger partial charge in [-0.05, 0) is 19.3 Å². The fourth-order valence-electron chi connectivity index (χ4n) is 2.24. The molecule has 1 aliphatic heterocycles. The van der Waals surface area contributed by atoms with Crippen molar-refractivity contribution in [3.05, 3.63) is 0 Å². The topological polar surface area (TPSA) is 67.9 Å². The highest BCUT2D eigenvalue weighted by Gasteiger charge is 2.27. The van der Waals surface area contributed by atoms with Crippen molar-refractivity contribution in [3.8, 4) is 0 Å². The number of carbonyl (C=O) groups excluding carboxylic acids is 2. The normalized spacial score (nSPS) is 19.9. The molecule has 1 saturated heterocycles. The van der Waals surface area contributed by atoms with Crippen molar-refractivity contribution < 1.29 is 19.1 Å². The molecule has 1 unspecified atom stereocenters. The van der Waals surface area contributed by atoms with Crippen LogP contribution in [0.1, 0.15) is 25.7 Å². The van der Waals surface area contributed by atoms with Crippen LogP contribution in [0.15, 0.2) is 0 Å². The minimum atomic E-state index is -0.253. The number of nitrogens with zero attached hydrogens (tertiary/aromatic N) is 1. The van der Waals surface area contributed by atoms with E-state index in [0.29, 0.717) is 26.1 Å². The SMILES string of the molecule is COCCN(CCC(=O)OC)C1CCCCNC1=O. The Labute approximate surface area is 114 Å². The van der Waals surface area contributed by atoms with E-state index in [1.165, 1.54) is 7.11 Å². The van der Waals surface area contributed by atoms with Crippen molar-refractivity contribution in [2.75, 3.05) is 40.5 Å². The average Bonchev–Trinajstić information content (AvgIpc) is 2.63. The van der Waals surface area contributed by atoms with Crippen molar-refractivity contribution in [1.29, 1.82) is 0 Å². The summed E-state index contributed by atoms with van der Waals surface area (Å²) in [4.78, 5) is 25.3. The Balaban J connectivity index is 2.59. The summed E-state index contributed by atoms with van der Waals surface area (Å²) in [5.74, 6) is -0.199. The molecule has 19 heavy (non-hydrogen) atoms. The summed E-state index contributed by atoms with van der Waals surface area (Å²) in [6.07, 6.45) is 3.16. The number of carbonyl (C=O) groups is 2. The number of methoxy groups -OCH3 is 2. The van der Waals surface area contributed by atoms with Crippen LogP contribution in [0.5, 0.6) is 0 Å². The van der Waals surface area contributed by atoms with Gasteiger partial charge in [0.05, 0.1) is 26.2 Å². The first-order chi connectivity index (χ1) is 9.19. The monoisotopic (exact) mass is 272 g/mol. The minimum Gasteiger partial charge on any atom is -0.469 e. The quantitative estimate of drug-likeness (QED) is 0.669. The van der Waals surface area contributed by atoms with Gasteiger partial charge in [0.2, 0.25) is 5.91 Å². The van der Waals surface area contributed by atoms with E-state index in [1.54, 1.807) is 7.11 Å². The number of nitrogens with one attached hydrogen (secondary N) is 1. The Morgan fingerprint density at radius 1 is 1.37 bits per heavy atom. The minimum absolute atomic E-state index is 0.0541. The molecule has 1 N–H and O–H groups in total. The van der Waals surface area contributed by atoms with Crippen LogP contribution in [0.2, 0.25) is 0 Å². The molecule has 110 valence electrons. The molecule has 1 fully saturated rings. The van der Waals surface area contributed by atoms with Crippen molar-refractivity contribution in [2.24, 2.45) is 0 Å². The predicted molar refractivity (Wildman–Crippen MR) is 70.7 cm³/mol. The maximum atomic E-state index is 12.0. The lowest BCUT2D eigenvalue weighted by molar-refractivity contribution is -0.141. The second-order valence-corrected chi connectivity index (χ2v) is 4.66. The van der Waals surface area contributed by atoms with Gasteiger partial charge in [-0.25, -0.2) is 0 Å². The molecule has 0 aliphatic carbocycles. The highest BCUT2D eigenvalue weighted by atomic mass is 16.5. The number of esters is 1. The second-order valence-electron chi connectivity index (χ2n) is 4.66. The van der Waals surface area contributed by atoms with E-state index >= 15 is 0 Å². The first-order valence-electron chi connectivity index (χ1n) is 6.76. The molecule has 1 amide bonds. The third-order valence-electron chi connectivity index (χ3n) is 3.36. The molecule has 1 rings (SSSR count). The van der Waals surface area contributed by atoms with E-state index in [1.807, 2.05) is 4.90 Å². The molecule has 0 bridgehead atoms. The van der Waals surface area contributed by atoms with Crippen LogP contribution in [0, 0.1) is 0 Å². The lowest BCUT2D eigenvalue weighted by Crippen LogP contribution is -2.47. The summed E-state index contributed by atoms with van der Waals surface area (Å²) in [7, 11) is 3.01. The molecular formula is C13H24N2O4. The van der Waals surface area contributed by atoms with Crippen molar-refractivity contribution in [1.82, 2.24) is 10.2 Å². The Hall–Kier alpha value is -1.14. The van der Waals surface area contributed by atoms with E-state index < -0.39 is 0 Å². The van der Waals surface area contributed by atoms with Gasteiger partial charge in [0.25, 0.3) is 0 Å². The van der Waals surface area contributed by atoms with Crippen LogP contribution in [-0.2, 0) is 19.1 Å². The van der Waals surface area contributed by atoms with Crippen LogP contribution >= 0.6 is 0 Å². The number of hydrogen-bond acceptors (Lipinski definition) is 5. The maximum Gasteiger partial charge on any atom is 0.306 e. The molecule has 1 aliphatic rings. The van der Waals surface area contributed by atoms with Crippen molar-refractivity contribution >= 4 is 11.9 Å². The molecular weight excluding hydrogens is 248 g/mol. The average molecular weight is 272 g/mol. The molecule has 1 heterocycles. The van der Waals surface area contributed by atoms with E-state index in [9.17, 15) is 9.59 Å². The van der Waals surface area contributed by atoms with Gasteiger partial charge in [-0.1, -0.05) is 0 Å². The molecule has 0 aromatic rings. The van der Waals surface area contributed by atoms with E-state index in [0.717, 1.165) is 25.8 Å². The molecule has 6 heteroatoms. The zero-order chi connectivity index (χ0) is 14.1. The summed E-state index contributed by atoms with van der Waals surface area (Å²) >= 11 is 0. The first-order valence-corrected chi connectivity index (χ1v) is 6.76. The third kappa shape index (κ3) is 5.57. The van der Waals surface area contributed by atoms with Crippen LogP contribution in [0.25, 0.3) is 0 Å². The Kier molecular flexibility index (Phi) is 7.43. The maximum absolute atomic E-state index is 12.0. The molecule has 6 nitrogen and oxygen atoms in total. The van der Waals surface area contributed by atoms with Crippen LogP contribution < -0.4 is 5.32 Å². The van der Waals surface area contributed by atoms with Gasteiger partial charge in [0.1, 0.15) is 0 Å². The number of amides is 1. The first kappa shape index (κ1) is 15.9. The van der Waals surface area contributed by atoms with Gasteiger partial charge >= 0.3 is 5.97 Å². The Morgan fingerprint density at radius 3 is 2.84 bits per heavy atom. The molecule has 0 saturated carbocycles. The van der Waals surface area contributed by atoms with Gasteiger partial charge in [-0.2, -0.15) is 0 Å². The summed E-state index contributed by atoms with van der Waals surface area (Å²) < 4.78 is 9.72. The molecule has 1 atom stereocenters. The fourth-order valence-corrected chi connectivity index (χ4v) is 2.24. The van der Waals surface area contributed by atoms with E-state index in [-0.39, 0.29) is 17.9 Å². The lowest BCUT2D eigenvalue weighted by Gasteiger charge is -2.29. The summed E-state index contributed by atoms with van der Waals surface area (Å²) in [6, 6.07) is -0.165. The van der Waals surface area contributed by atoms with Gasteiger partial charge in [-0.3, -0.25) is 14.5 Å². The van der Waals surface area contributed by atoms with E-state index in [2.05, 4.69) is 10.1 Å². The molecule has 0 aromatic heterocycles. The highest BCUT2D eigenvalue weighted by molar-refractivity contribution is 5.82. The molecule has 0 radical (unpaired) electrons. The Bertz CT molecular complexity index is 296. The zero-order valence-corrected chi connectivity index (χ0v) is 11.8. The van der Waals surface area contributed by atoms with Crippen LogP contribution in [-0.4, -0.2) is 63.3 Å². The van der Waals surface area contributed by atoms with Gasteiger partial charge in [-0.15, -0.1) is 0 Å². The number of ether oxygens (including phenoxy) is 2. The standard InChI is InChI=1S/C13H24N2O4/c1-18-10-9-15(8-6-12(16)19-2)11-5-3-4-7-14-13(11)17/h11H,3-10H2,1-2H3,(H,14,17). The highest BCUT2D eigenvalue weighted by Crippen LogP contribution is 2.13. The summed E-state index contributed by atoms with van der Waals surface area (Å²) in [5, 5.41) is 2.92. The summed E-state index contributed by atoms with van der Waals surface area (Å²) in [5.41, 5.74) is 0. The zero-order valence-electron chi connectivity index (χ0n) is 11.8. The van der Waals surface area contributed by atoms with Gasteiger partial charge < -0.3 is 14.8 Å². The van der Waals surface area contributed by atoms with Crippen molar-refractivity contribution in [2.45, 2.75) is 31.7 Å². The fraction of sp³-hybridized carbons (Fsp3) is 0.846. The van der Waals surface area contributed by atoms with Crippen LogP contribution in [0.4, 0.5) is 0 Å². The van der Waals surface area contributed by atoms with Crippen LogP contribution in [0.3, 0.4) is 0 Å². The largest absolute Gasteiger partial charge is 0.469 e. The smallest absolute Gasteiger partial charge is 0.306 e. The molecule has 0 aromatic carbocycles. The van der Waals surface area contributed by atoms with Crippen molar-refractivity contribution in [3.63, 3.8) is 0 Å². The van der Waals surface area contributed by atoms with E-state index in [4.69, 9.17) is 4.74 Å². The molecule has 0 spiro atoms. The number of hydrogen-bond donors (Lipinski definition) is 1. The van der Waals surface area contributed by atoms with Gasteiger partial charge in [0.15, 0.2) is 0 Å². The predicted octanol–water partition coefficient (Wildman–Crippen LogP) is 0.167. The Morgan fingerprint density at radius 2 is 2.16 bits per heavy atom.